The summed E-state index contributed by atoms with van der Waals surface area (Å²) in [4.78, 5) is 11.1. The molecule has 0 bridgehead atoms. The first-order valence-electron chi connectivity index (χ1n) is 4.78. The maximum absolute atomic E-state index is 11.1. The Balaban J connectivity index is 2.42. The number of rotatable bonds is 2. The van der Waals surface area contributed by atoms with Gasteiger partial charge in [0.05, 0.1) is 11.9 Å². The fourth-order valence-electron chi connectivity index (χ4n) is 1.28. The minimum atomic E-state index is -0.0857. The molecule has 0 aliphatic rings. The molecule has 1 heterocycles. The predicted molar refractivity (Wildman–Crippen MR) is 63.8 cm³/mol. The molecule has 0 aliphatic heterocycles. The van der Waals surface area contributed by atoms with Gasteiger partial charge in [0.1, 0.15) is 5.69 Å². The largest absolute Gasteiger partial charge is 0.293 e. The highest BCUT2D eigenvalue weighted by Gasteiger charge is 2.07. The quantitative estimate of drug-likeness (QED) is 0.794. The number of halogens is 1. The molecule has 2 aromatic rings. The molecule has 5 heteroatoms. The zero-order valence-corrected chi connectivity index (χ0v) is 10.5. The number of benzene rings is 1. The molecule has 0 fully saturated rings. The van der Waals surface area contributed by atoms with Gasteiger partial charge in [-0.2, -0.15) is 0 Å². The first-order chi connectivity index (χ1) is 7.58. The number of carbonyl (C=O) groups excluding carboxylic acids is 1. The van der Waals surface area contributed by atoms with Gasteiger partial charge in [0.2, 0.25) is 0 Å². The number of nitrogens with zero attached hydrogens (tertiary/aromatic N) is 3. The van der Waals surface area contributed by atoms with Crippen LogP contribution in [0.1, 0.15) is 23.0 Å². The summed E-state index contributed by atoms with van der Waals surface area (Å²) in [6.07, 6.45) is 1.62. The summed E-state index contributed by atoms with van der Waals surface area (Å²) >= 11 is 3.45. The highest BCUT2D eigenvalue weighted by atomic mass is 79.9. The summed E-state index contributed by atoms with van der Waals surface area (Å²) in [6.45, 7) is 3.48. The minimum Gasteiger partial charge on any atom is -0.293 e. The number of Topliss-reactive ketones (excluding diaryl/α,β-unsaturated/α-hetero) is 1. The Hall–Kier alpha value is -1.49. The van der Waals surface area contributed by atoms with Crippen molar-refractivity contribution in [2.45, 2.75) is 13.8 Å². The third-order valence-corrected chi connectivity index (χ3v) is 3.13. The number of aromatic nitrogens is 3. The van der Waals surface area contributed by atoms with Gasteiger partial charge in [0.25, 0.3) is 0 Å². The topological polar surface area (TPSA) is 47.8 Å². The molecule has 1 aromatic carbocycles. The van der Waals surface area contributed by atoms with E-state index in [4.69, 9.17) is 0 Å². The molecule has 1 aromatic heterocycles. The molecule has 0 radical (unpaired) electrons. The van der Waals surface area contributed by atoms with Gasteiger partial charge in [-0.3, -0.25) is 4.79 Å². The lowest BCUT2D eigenvalue weighted by Crippen LogP contribution is -1.95. The van der Waals surface area contributed by atoms with Crippen LogP contribution in [0.2, 0.25) is 0 Å². The molecule has 4 nitrogen and oxygen atoms in total. The van der Waals surface area contributed by atoms with Crippen LogP contribution in [0.5, 0.6) is 0 Å². The van der Waals surface area contributed by atoms with Gasteiger partial charge in [0, 0.05) is 11.4 Å². The summed E-state index contributed by atoms with van der Waals surface area (Å²) in [5, 5.41) is 7.70. The molecule has 0 atom stereocenters. The van der Waals surface area contributed by atoms with Crippen LogP contribution in [0.3, 0.4) is 0 Å². The van der Waals surface area contributed by atoms with Crippen LogP contribution in [0.4, 0.5) is 0 Å². The van der Waals surface area contributed by atoms with Crippen molar-refractivity contribution in [3.8, 4) is 5.69 Å². The van der Waals surface area contributed by atoms with E-state index in [1.165, 1.54) is 6.92 Å². The number of hydrogen-bond donors (Lipinski definition) is 0. The lowest BCUT2D eigenvalue weighted by Gasteiger charge is -2.02. The molecule has 16 heavy (non-hydrogen) atoms. The fraction of sp³-hybridized carbons (Fsp3) is 0.182. The summed E-state index contributed by atoms with van der Waals surface area (Å²) in [5.41, 5.74) is 2.39. The lowest BCUT2D eigenvalue weighted by molar-refractivity contribution is 0.101. The highest BCUT2D eigenvalue weighted by Crippen LogP contribution is 2.19. The summed E-state index contributed by atoms with van der Waals surface area (Å²) in [5.74, 6) is -0.0857. The second kappa shape index (κ2) is 4.17. The molecule has 82 valence electrons. The zero-order chi connectivity index (χ0) is 11.7. The van der Waals surface area contributed by atoms with E-state index in [1.807, 2.05) is 25.1 Å². The minimum absolute atomic E-state index is 0.0857. The van der Waals surface area contributed by atoms with Gasteiger partial charge in [-0.05, 0) is 24.6 Å². The van der Waals surface area contributed by atoms with Crippen LogP contribution >= 0.6 is 15.9 Å². The summed E-state index contributed by atoms with van der Waals surface area (Å²) in [6, 6.07) is 5.85. The molecular weight excluding hydrogens is 270 g/mol. The van der Waals surface area contributed by atoms with Crippen molar-refractivity contribution in [3.63, 3.8) is 0 Å². The Morgan fingerprint density at radius 2 is 2.19 bits per heavy atom. The Morgan fingerprint density at radius 1 is 1.44 bits per heavy atom. The molecule has 0 unspecified atom stereocenters. The van der Waals surface area contributed by atoms with Crippen LogP contribution in [0, 0.1) is 6.92 Å². The first-order valence-corrected chi connectivity index (χ1v) is 5.57. The zero-order valence-electron chi connectivity index (χ0n) is 8.94. The average molecular weight is 280 g/mol. The standard InChI is InChI=1S/C11H10BrN3O/c1-7-3-4-9(5-10(7)12)15-6-11(8(2)16)13-14-15/h3-6H,1-2H3. The third-order valence-electron chi connectivity index (χ3n) is 2.27. The van der Waals surface area contributed by atoms with Crippen molar-refractivity contribution in [1.29, 1.82) is 0 Å². The van der Waals surface area contributed by atoms with Gasteiger partial charge in [0.15, 0.2) is 5.78 Å². The Morgan fingerprint density at radius 3 is 2.75 bits per heavy atom. The average Bonchev–Trinajstić information content (AvgIpc) is 2.71. The maximum atomic E-state index is 11.1. The van der Waals surface area contributed by atoms with Crippen molar-refractivity contribution in [2.24, 2.45) is 0 Å². The fourth-order valence-corrected chi connectivity index (χ4v) is 1.64. The monoisotopic (exact) mass is 279 g/mol. The van der Waals surface area contributed by atoms with Gasteiger partial charge in [-0.1, -0.05) is 27.2 Å². The van der Waals surface area contributed by atoms with E-state index >= 15 is 0 Å². The Labute approximate surface area is 101 Å². The van der Waals surface area contributed by atoms with E-state index in [-0.39, 0.29) is 5.78 Å². The SMILES string of the molecule is CC(=O)c1cn(-c2ccc(C)c(Br)c2)nn1. The normalized spacial score (nSPS) is 10.4. The molecule has 0 amide bonds. The molecule has 0 aliphatic carbocycles. The van der Waals surface area contributed by atoms with Crippen LogP contribution in [0.25, 0.3) is 5.69 Å². The van der Waals surface area contributed by atoms with Crippen molar-refractivity contribution >= 4 is 21.7 Å². The van der Waals surface area contributed by atoms with E-state index in [0.29, 0.717) is 5.69 Å². The number of carbonyl (C=O) groups is 1. The molecule has 0 N–H and O–H groups in total. The highest BCUT2D eigenvalue weighted by molar-refractivity contribution is 9.10. The second-order valence-electron chi connectivity index (χ2n) is 3.54. The van der Waals surface area contributed by atoms with E-state index in [9.17, 15) is 4.79 Å². The van der Waals surface area contributed by atoms with Crippen molar-refractivity contribution in [2.75, 3.05) is 0 Å². The summed E-state index contributed by atoms with van der Waals surface area (Å²) < 4.78 is 2.59. The van der Waals surface area contributed by atoms with Crippen LogP contribution in [-0.2, 0) is 0 Å². The molecular formula is C11H10BrN3O. The van der Waals surface area contributed by atoms with E-state index in [1.54, 1.807) is 10.9 Å². The second-order valence-corrected chi connectivity index (χ2v) is 4.39. The van der Waals surface area contributed by atoms with E-state index < -0.39 is 0 Å². The van der Waals surface area contributed by atoms with Gasteiger partial charge >= 0.3 is 0 Å². The van der Waals surface area contributed by atoms with E-state index in [2.05, 4.69) is 26.2 Å². The van der Waals surface area contributed by atoms with Gasteiger partial charge < -0.3 is 0 Å². The van der Waals surface area contributed by atoms with E-state index in [0.717, 1.165) is 15.7 Å². The van der Waals surface area contributed by atoms with Crippen molar-refractivity contribution in [1.82, 2.24) is 15.0 Å². The molecule has 2 rings (SSSR count). The first kappa shape index (κ1) is 11.0. The van der Waals surface area contributed by atoms with Crippen molar-refractivity contribution < 1.29 is 4.79 Å². The Kier molecular flexibility index (Phi) is 2.87. The number of ketones is 1. The lowest BCUT2D eigenvalue weighted by atomic mass is 10.2. The third kappa shape index (κ3) is 2.04. The molecule has 0 saturated carbocycles. The number of hydrogen-bond acceptors (Lipinski definition) is 3. The molecule has 0 spiro atoms. The van der Waals surface area contributed by atoms with Gasteiger partial charge in [-0.25, -0.2) is 4.68 Å². The van der Waals surface area contributed by atoms with Crippen molar-refractivity contribution in [3.05, 3.63) is 40.1 Å². The van der Waals surface area contributed by atoms with Crippen LogP contribution < -0.4 is 0 Å². The molecule has 0 saturated heterocycles. The smallest absolute Gasteiger partial charge is 0.181 e. The predicted octanol–water partition coefficient (Wildman–Crippen LogP) is 2.54. The summed E-state index contributed by atoms with van der Waals surface area (Å²) in [7, 11) is 0. The Bertz CT molecular complexity index is 548. The number of aryl methyl sites for hydroxylation is 1. The van der Waals surface area contributed by atoms with Crippen LogP contribution in [-0.4, -0.2) is 20.8 Å². The van der Waals surface area contributed by atoms with Gasteiger partial charge in [-0.15, -0.1) is 5.10 Å². The maximum Gasteiger partial charge on any atom is 0.181 e. The van der Waals surface area contributed by atoms with Crippen LogP contribution in [0.15, 0.2) is 28.9 Å².